The van der Waals surface area contributed by atoms with Crippen LogP contribution in [0.4, 0.5) is 4.39 Å². The van der Waals surface area contributed by atoms with Crippen molar-refractivity contribution in [1.29, 1.82) is 0 Å². The second kappa shape index (κ2) is 7.14. The lowest BCUT2D eigenvalue weighted by atomic mass is 10.00. The molecular weight excluding hydrogens is 255 g/mol. The third kappa shape index (κ3) is 4.25. The molecule has 0 aromatic carbocycles. The van der Waals surface area contributed by atoms with Gasteiger partial charge in [0.1, 0.15) is 5.82 Å². The molecule has 1 N–H and O–H groups in total. The summed E-state index contributed by atoms with van der Waals surface area (Å²) in [5.74, 6) is 0.527. The van der Waals surface area contributed by atoms with Crippen molar-refractivity contribution in [2.24, 2.45) is 11.8 Å². The van der Waals surface area contributed by atoms with E-state index in [4.69, 9.17) is 0 Å². The molecule has 20 heavy (non-hydrogen) atoms. The van der Waals surface area contributed by atoms with Crippen LogP contribution in [-0.4, -0.2) is 35.1 Å². The Bertz CT molecular complexity index is 403. The van der Waals surface area contributed by atoms with Gasteiger partial charge < -0.3 is 10.0 Å². The average molecular weight is 280 g/mol. The smallest absolute Gasteiger partial charge is 0.141 e. The number of halogens is 1. The standard InChI is InChI=1S/C16H25FN2O/c1-12(10-19(2)11-13-5-3-4-6-13)16(20)15-8-7-14(17)9-18-15/h7-9,12-13,16,20H,3-6,10-11H2,1-2H3. The molecular formula is C16H25FN2O. The third-order valence-corrected chi connectivity index (χ3v) is 4.24. The molecule has 0 radical (unpaired) electrons. The monoisotopic (exact) mass is 280 g/mol. The summed E-state index contributed by atoms with van der Waals surface area (Å²) in [6.45, 7) is 3.95. The summed E-state index contributed by atoms with van der Waals surface area (Å²) in [6, 6.07) is 2.91. The molecule has 2 unspecified atom stereocenters. The molecule has 0 amide bonds. The maximum atomic E-state index is 12.8. The van der Waals surface area contributed by atoms with Gasteiger partial charge >= 0.3 is 0 Å². The Morgan fingerprint density at radius 1 is 1.40 bits per heavy atom. The van der Waals surface area contributed by atoms with E-state index in [0.29, 0.717) is 5.69 Å². The summed E-state index contributed by atoms with van der Waals surface area (Å²) >= 11 is 0. The molecule has 0 saturated heterocycles. The first-order valence-corrected chi connectivity index (χ1v) is 7.54. The largest absolute Gasteiger partial charge is 0.386 e. The van der Waals surface area contributed by atoms with Crippen LogP contribution in [0.3, 0.4) is 0 Å². The van der Waals surface area contributed by atoms with Crippen LogP contribution in [0.5, 0.6) is 0 Å². The molecule has 1 aromatic heterocycles. The molecule has 1 aliphatic rings. The highest BCUT2D eigenvalue weighted by molar-refractivity contribution is 5.08. The van der Waals surface area contributed by atoms with Gasteiger partial charge in [-0.15, -0.1) is 0 Å². The Hall–Kier alpha value is -1.00. The number of rotatable bonds is 6. The zero-order valence-electron chi connectivity index (χ0n) is 12.4. The fourth-order valence-corrected chi connectivity index (χ4v) is 3.15. The highest BCUT2D eigenvalue weighted by Crippen LogP contribution is 2.26. The van der Waals surface area contributed by atoms with E-state index in [1.807, 2.05) is 6.92 Å². The van der Waals surface area contributed by atoms with Gasteiger partial charge in [-0.2, -0.15) is 0 Å². The van der Waals surface area contributed by atoms with Gasteiger partial charge in [-0.3, -0.25) is 4.98 Å². The maximum absolute atomic E-state index is 12.8. The Morgan fingerprint density at radius 3 is 2.70 bits per heavy atom. The molecule has 2 atom stereocenters. The van der Waals surface area contributed by atoms with Gasteiger partial charge in [-0.05, 0) is 37.9 Å². The molecule has 1 aromatic rings. The first-order valence-electron chi connectivity index (χ1n) is 7.54. The lowest BCUT2D eigenvalue weighted by molar-refractivity contribution is 0.0875. The van der Waals surface area contributed by atoms with Gasteiger partial charge in [0, 0.05) is 19.0 Å². The van der Waals surface area contributed by atoms with Gasteiger partial charge in [-0.1, -0.05) is 19.8 Å². The van der Waals surface area contributed by atoms with Crippen molar-refractivity contribution in [3.8, 4) is 0 Å². The van der Waals surface area contributed by atoms with Crippen molar-refractivity contribution >= 4 is 0 Å². The van der Waals surface area contributed by atoms with Crippen LogP contribution in [-0.2, 0) is 0 Å². The van der Waals surface area contributed by atoms with Crippen LogP contribution in [0.25, 0.3) is 0 Å². The number of aromatic nitrogens is 1. The topological polar surface area (TPSA) is 36.4 Å². The van der Waals surface area contributed by atoms with E-state index in [0.717, 1.165) is 25.2 Å². The molecule has 1 heterocycles. The normalized spacial score (nSPS) is 19.4. The second-order valence-corrected chi connectivity index (χ2v) is 6.20. The van der Waals surface area contributed by atoms with E-state index in [2.05, 4.69) is 16.9 Å². The van der Waals surface area contributed by atoms with Gasteiger partial charge in [0.15, 0.2) is 0 Å². The number of nitrogens with zero attached hydrogens (tertiary/aromatic N) is 2. The van der Waals surface area contributed by atoms with Crippen molar-refractivity contribution in [3.63, 3.8) is 0 Å². The zero-order valence-corrected chi connectivity index (χ0v) is 12.4. The number of hydrogen-bond donors (Lipinski definition) is 1. The minimum absolute atomic E-state index is 0.0827. The van der Waals surface area contributed by atoms with E-state index < -0.39 is 6.10 Å². The predicted molar refractivity (Wildman–Crippen MR) is 77.8 cm³/mol. The van der Waals surface area contributed by atoms with Crippen LogP contribution >= 0.6 is 0 Å². The zero-order chi connectivity index (χ0) is 14.5. The molecule has 1 aliphatic carbocycles. The minimum Gasteiger partial charge on any atom is -0.386 e. The lowest BCUT2D eigenvalue weighted by Crippen LogP contribution is -2.31. The highest BCUT2D eigenvalue weighted by atomic mass is 19.1. The third-order valence-electron chi connectivity index (χ3n) is 4.24. The van der Waals surface area contributed by atoms with Gasteiger partial charge in [0.2, 0.25) is 0 Å². The average Bonchev–Trinajstić information content (AvgIpc) is 2.91. The van der Waals surface area contributed by atoms with Crippen LogP contribution < -0.4 is 0 Å². The fraction of sp³-hybridized carbons (Fsp3) is 0.688. The SMILES string of the molecule is CC(CN(C)CC1CCCC1)C(O)c1ccc(F)cn1. The molecule has 112 valence electrons. The van der Waals surface area contributed by atoms with Gasteiger partial charge in [0.05, 0.1) is 18.0 Å². The lowest BCUT2D eigenvalue weighted by Gasteiger charge is -2.26. The summed E-state index contributed by atoms with van der Waals surface area (Å²) in [5, 5.41) is 10.3. The van der Waals surface area contributed by atoms with Gasteiger partial charge in [0.25, 0.3) is 0 Å². The predicted octanol–water partition coefficient (Wildman–Crippen LogP) is 3.01. The molecule has 1 saturated carbocycles. The number of aliphatic hydroxyl groups excluding tert-OH is 1. The molecule has 0 bridgehead atoms. The fourth-order valence-electron chi connectivity index (χ4n) is 3.15. The summed E-state index contributed by atoms with van der Waals surface area (Å²) < 4.78 is 12.8. The van der Waals surface area contributed by atoms with Crippen molar-refractivity contribution in [2.75, 3.05) is 20.1 Å². The summed E-state index contributed by atoms with van der Waals surface area (Å²) in [5.41, 5.74) is 0.549. The summed E-state index contributed by atoms with van der Waals surface area (Å²) in [4.78, 5) is 6.27. The summed E-state index contributed by atoms with van der Waals surface area (Å²) in [7, 11) is 2.11. The van der Waals surface area contributed by atoms with Crippen LogP contribution in [0.2, 0.25) is 0 Å². The number of pyridine rings is 1. The van der Waals surface area contributed by atoms with E-state index in [-0.39, 0.29) is 11.7 Å². The summed E-state index contributed by atoms with van der Waals surface area (Å²) in [6.07, 6.45) is 5.91. The van der Waals surface area contributed by atoms with Crippen molar-refractivity contribution < 1.29 is 9.50 Å². The Balaban J connectivity index is 1.83. The Kier molecular flexibility index (Phi) is 5.49. The Labute approximate surface area is 120 Å². The molecule has 1 fully saturated rings. The van der Waals surface area contributed by atoms with E-state index in [9.17, 15) is 9.50 Å². The first kappa shape index (κ1) is 15.4. The van der Waals surface area contributed by atoms with Crippen molar-refractivity contribution in [3.05, 3.63) is 29.8 Å². The van der Waals surface area contributed by atoms with Crippen LogP contribution in [0.1, 0.15) is 44.4 Å². The molecule has 0 aliphatic heterocycles. The molecule has 3 nitrogen and oxygen atoms in total. The first-order chi connectivity index (χ1) is 9.56. The van der Waals surface area contributed by atoms with E-state index >= 15 is 0 Å². The maximum Gasteiger partial charge on any atom is 0.141 e. The van der Waals surface area contributed by atoms with E-state index in [1.165, 1.54) is 31.7 Å². The minimum atomic E-state index is -0.637. The number of aliphatic hydroxyl groups is 1. The quantitative estimate of drug-likeness (QED) is 0.870. The van der Waals surface area contributed by atoms with Crippen LogP contribution in [0.15, 0.2) is 18.3 Å². The number of hydrogen-bond acceptors (Lipinski definition) is 3. The molecule has 4 heteroatoms. The molecule has 0 spiro atoms. The second-order valence-electron chi connectivity index (χ2n) is 6.20. The van der Waals surface area contributed by atoms with Crippen LogP contribution in [0, 0.1) is 17.7 Å². The Morgan fingerprint density at radius 2 is 2.10 bits per heavy atom. The molecule has 2 rings (SSSR count). The van der Waals surface area contributed by atoms with Crippen molar-refractivity contribution in [1.82, 2.24) is 9.88 Å². The van der Waals surface area contributed by atoms with E-state index in [1.54, 1.807) is 6.07 Å². The van der Waals surface area contributed by atoms with Crippen molar-refractivity contribution in [2.45, 2.75) is 38.7 Å². The highest BCUT2D eigenvalue weighted by Gasteiger charge is 2.22. The van der Waals surface area contributed by atoms with Gasteiger partial charge in [-0.25, -0.2) is 4.39 Å².